The molecule has 4 rings (SSSR count). The predicted octanol–water partition coefficient (Wildman–Crippen LogP) is 5.05. The van der Waals surface area contributed by atoms with Crippen molar-refractivity contribution in [3.05, 3.63) is 108 Å². The Morgan fingerprint density at radius 1 is 0.854 bits per heavy atom. The third-order valence-electron chi connectivity index (χ3n) is 6.55. The molecule has 2 amide bonds. The molecule has 0 aliphatic heterocycles. The van der Waals surface area contributed by atoms with Gasteiger partial charge in [-0.05, 0) is 55.5 Å². The van der Waals surface area contributed by atoms with Crippen molar-refractivity contribution >= 4 is 17.8 Å². The molecule has 218 valence electrons. The molecule has 1 saturated carbocycles. The molecule has 1 aliphatic rings. The highest BCUT2D eigenvalue weighted by Gasteiger charge is 2.38. The summed E-state index contributed by atoms with van der Waals surface area (Å²) in [7, 11) is 0. The number of unbranched alkanes of at least 4 members (excludes halogenated alkanes) is 1. The van der Waals surface area contributed by atoms with Gasteiger partial charge in [0.15, 0.2) is 0 Å². The van der Waals surface area contributed by atoms with E-state index >= 15 is 0 Å². The number of hydrogen-bond donors (Lipinski definition) is 4. The molecule has 0 bridgehead atoms. The number of hydrogen-bond acceptors (Lipinski definition) is 4. The zero-order valence-corrected chi connectivity index (χ0v) is 22.4. The van der Waals surface area contributed by atoms with Crippen molar-refractivity contribution in [2.75, 3.05) is 6.54 Å². The lowest BCUT2D eigenvalue weighted by molar-refractivity contribution is -0.192. The van der Waals surface area contributed by atoms with Crippen LogP contribution >= 0.6 is 0 Å². The van der Waals surface area contributed by atoms with Gasteiger partial charge in [0.1, 0.15) is 6.04 Å². The summed E-state index contributed by atoms with van der Waals surface area (Å²) < 4.78 is 31.7. The number of carboxylic acids is 1. The van der Waals surface area contributed by atoms with E-state index in [0.29, 0.717) is 30.5 Å². The van der Waals surface area contributed by atoms with E-state index in [4.69, 9.17) is 9.90 Å². The van der Waals surface area contributed by atoms with E-state index in [1.807, 2.05) is 48.5 Å². The van der Waals surface area contributed by atoms with Crippen molar-refractivity contribution in [1.82, 2.24) is 16.0 Å². The SMILES string of the molecule is O=C(NC(CCCCN[C@@H]1C[C@H]1c1ccccc1)C(=O)NCc1ccccc1)c1ccccc1.O=C(O)C(F)(F)F. The first-order valence-corrected chi connectivity index (χ1v) is 13.4. The van der Waals surface area contributed by atoms with Gasteiger partial charge in [0.25, 0.3) is 5.91 Å². The van der Waals surface area contributed by atoms with Crippen LogP contribution in [0.25, 0.3) is 0 Å². The van der Waals surface area contributed by atoms with Crippen LogP contribution in [0.1, 0.15) is 53.1 Å². The van der Waals surface area contributed by atoms with Gasteiger partial charge in [-0.25, -0.2) is 4.79 Å². The number of alkyl halides is 3. The molecule has 1 unspecified atom stereocenters. The molecule has 4 N–H and O–H groups in total. The Hall–Kier alpha value is -4.18. The second kappa shape index (κ2) is 15.6. The normalized spacial score (nSPS) is 16.5. The summed E-state index contributed by atoms with van der Waals surface area (Å²) in [5, 5.41) is 16.7. The highest BCUT2D eigenvalue weighted by molar-refractivity contribution is 5.97. The Balaban J connectivity index is 0.000000587. The van der Waals surface area contributed by atoms with Gasteiger partial charge >= 0.3 is 12.1 Å². The van der Waals surface area contributed by atoms with Gasteiger partial charge in [0.05, 0.1) is 0 Å². The van der Waals surface area contributed by atoms with Gasteiger partial charge < -0.3 is 21.1 Å². The topological polar surface area (TPSA) is 108 Å². The molecule has 1 fully saturated rings. The number of carbonyl (C=O) groups is 3. The summed E-state index contributed by atoms with van der Waals surface area (Å²) in [6.45, 7) is 1.36. The van der Waals surface area contributed by atoms with E-state index in [2.05, 4.69) is 46.3 Å². The minimum atomic E-state index is -5.08. The van der Waals surface area contributed by atoms with Gasteiger partial charge in [-0.15, -0.1) is 0 Å². The first kappa shape index (κ1) is 31.3. The van der Waals surface area contributed by atoms with Gasteiger partial charge in [-0.1, -0.05) is 78.9 Å². The molecule has 0 saturated heterocycles. The van der Waals surface area contributed by atoms with Crippen LogP contribution in [0.4, 0.5) is 13.2 Å². The number of carboxylic acid groups (broad SMARTS) is 1. The van der Waals surface area contributed by atoms with Gasteiger partial charge in [0, 0.05) is 24.1 Å². The minimum absolute atomic E-state index is 0.146. The maximum Gasteiger partial charge on any atom is 0.490 e. The highest BCUT2D eigenvalue weighted by atomic mass is 19.4. The van der Waals surface area contributed by atoms with E-state index in [1.165, 1.54) is 12.0 Å². The second-order valence-corrected chi connectivity index (χ2v) is 9.71. The van der Waals surface area contributed by atoms with E-state index < -0.39 is 18.2 Å². The fourth-order valence-electron chi connectivity index (χ4n) is 4.26. The van der Waals surface area contributed by atoms with Crippen LogP contribution < -0.4 is 16.0 Å². The van der Waals surface area contributed by atoms with Crippen LogP contribution in [0.3, 0.4) is 0 Å². The summed E-state index contributed by atoms with van der Waals surface area (Å²) in [5.41, 5.74) is 3.00. The van der Waals surface area contributed by atoms with Crippen LogP contribution in [0.2, 0.25) is 0 Å². The van der Waals surface area contributed by atoms with Crippen molar-refractivity contribution in [3.8, 4) is 0 Å². The van der Waals surface area contributed by atoms with Gasteiger partial charge in [-0.3, -0.25) is 9.59 Å². The predicted molar refractivity (Wildman–Crippen MR) is 149 cm³/mol. The van der Waals surface area contributed by atoms with Crippen LogP contribution in [-0.4, -0.2) is 47.7 Å². The summed E-state index contributed by atoms with van der Waals surface area (Å²) >= 11 is 0. The lowest BCUT2D eigenvalue weighted by Gasteiger charge is -2.19. The summed E-state index contributed by atoms with van der Waals surface area (Å²) in [6.07, 6.45) is -1.48. The lowest BCUT2D eigenvalue weighted by Crippen LogP contribution is -2.46. The zero-order valence-electron chi connectivity index (χ0n) is 22.4. The average molecular weight is 570 g/mol. The molecular weight excluding hydrogens is 535 g/mol. The van der Waals surface area contributed by atoms with Crippen LogP contribution in [0.5, 0.6) is 0 Å². The first-order chi connectivity index (χ1) is 19.6. The van der Waals surface area contributed by atoms with Crippen LogP contribution in [-0.2, 0) is 16.1 Å². The molecule has 0 aromatic heterocycles. The standard InChI is InChI=1S/C29H33N3O2.C2HF3O2/c33-28(24-16-8-3-9-17-24)32-26(29(34)31-21-22-12-4-1-5-13-22)18-10-11-19-30-27-20-25(27)23-14-6-2-7-15-23;3-2(4,5)1(6)7/h1-9,12-17,25-27,30H,10-11,18-21H2,(H,31,34)(H,32,33);(H,6,7)/t25-,26?,27+;/m0./s1. The molecule has 7 nitrogen and oxygen atoms in total. The van der Waals surface area contributed by atoms with E-state index in [9.17, 15) is 22.8 Å². The second-order valence-electron chi connectivity index (χ2n) is 9.71. The lowest BCUT2D eigenvalue weighted by atomic mass is 10.1. The molecule has 41 heavy (non-hydrogen) atoms. The molecule has 3 atom stereocenters. The molecular formula is C31H34F3N3O4. The molecule has 0 spiro atoms. The summed E-state index contributed by atoms with van der Waals surface area (Å²) in [5.74, 6) is -2.51. The molecule has 0 heterocycles. The minimum Gasteiger partial charge on any atom is -0.475 e. The van der Waals surface area contributed by atoms with Crippen molar-refractivity contribution in [3.63, 3.8) is 0 Å². The van der Waals surface area contributed by atoms with Gasteiger partial charge in [0.2, 0.25) is 5.91 Å². The Kier molecular flexibility index (Phi) is 11.9. The van der Waals surface area contributed by atoms with Crippen molar-refractivity contribution in [2.24, 2.45) is 0 Å². The number of benzene rings is 3. The van der Waals surface area contributed by atoms with Crippen molar-refractivity contribution < 1.29 is 32.7 Å². The smallest absolute Gasteiger partial charge is 0.475 e. The molecule has 3 aromatic carbocycles. The van der Waals surface area contributed by atoms with Crippen LogP contribution in [0.15, 0.2) is 91.0 Å². The van der Waals surface area contributed by atoms with E-state index in [-0.39, 0.29) is 11.8 Å². The highest BCUT2D eigenvalue weighted by Crippen LogP contribution is 2.40. The number of aliphatic carboxylic acids is 1. The zero-order chi connectivity index (χ0) is 29.7. The quantitative estimate of drug-likeness (QED) is 0.229. The molecule has 0 radical (unpaired) electrons. The third-order valence-corrected chi connectivity index (χ3v) is 6.55. The fraction of sp³-hybridized carbons (Fsp3) is 0.323. The fourth-order valence-corrected chi connectivity index (χ4v) is 4.26. The Bertz CT molecular complexity index is 1240. The Morgan fingerprint density at radius 2 is 1.41 bits per heavy atom. The van der Waals surface area contributed by atoms with Crippen molar-refractivity contribution in [1.29, 1.82) is 0 Å². The monoisotopic (exact) mass is 569 g/mol. The summed E-state index contributed by atoms with van der Waals surface area (Å²) in [6, 6.07) is 29.5. The average Bonchev–Trinajstić information content (AvgIpc) is 3.76. The summed E-state index contributed by atoms with van der Waals surface area (Å²) in [4.78, 5) is 34.5. The number of rotatable bonds is 12. The van der Waals surface area contributed by atoms with Gasteiger partial charge in [-0.2, -0.15) is 13.2 Å². The maximum atomic E-state index is 12.9. The largest absolute Gasteiger partial charge is 0.490 e. The third kappa shape index (κ3) is 11.1. The Labute approximate surface area is 237 Å². The number of halogens is 3. The van der Waals surface area contributed by atoms with E-state index in [1.54, 1.807) is 12.1 Å². The first-order valence-electron chi connectivity index (χ1n) is 13.4. The van der Waals surface area contributed by atoms with E-state index in [0.717, 1.165) is 24.9 Å². The molecule has 1 aliphatic carbocycles. The van der Waals surface area contributed by atoms with Crippen molar-refractivity contribution in [2.45, 2.75) is 56.4 Å². The van der Waals surface area contributed by atoms with Crippen LogP contribution in [0, 0.1) is 0 Å². The molecule has 3 aromatic rings. The Morgan fingerprint density at radius 3 is 2.00 bits per heavy atom. The number of nitrogens with one attached hydrogen (secondary N) is 3. The number of carbonyl (C=O) groups excluding carboxylic acids is 2. The maximum absolute atomic E-state index is 12.9. The number of amides is 2. The molecule has 10 heteroatoms.